The Morgan fingerprint density at radius 3 is 2.59 bits per heavy atom. The van der Waals surface area contributed by atoms with Crippen molar-refractivity contribution in [2.75, 3.05) is 5.43 Å². The van der Waals surface area contributed by atoms with Gasteiger partial charge in [-0.3, -0.25) is 0 Å². The lowest BCUT2D eigenvalue weighted by Crippen LogP contribution is -2.25. The van der Waals surface area contributed by atoms with Crippen molar-refractivity contribution in [1.29, 1.82) is 0 Å². The molecule has 0 spiro atoms. The van der Waals surface area contributed by atoms with E-state index < -0.39 is 0 Å². The van der Waals surface area contributed by atoms with E-state index in [0.717, 1.165) is 5.56 Å². The van der Waals surface area contributed by atoms with Gasteiger partial charge in [-0.25, -0.2) is 19.8 Å². The number of halogens is 1. The summed E-state index contributed by atoms with van der Waals surface area (Å²) in [6.07, 6.45) is 3.12. The van der Waals surface area contributed by atoms with Crippen LogP contribution in [0.5, 0.6) is 0 Å². The molecule has 2 rings (SSSR count). The van der Waals surface area contributed by atoms with Gasteiger partial charge in [0.15, 0.2) is 0 Å². The zero-order valence-corrected chi connectivity index (χ0v) is 9.39. The molecule has 17 heavy (non-hydrogen) atoms. The zero-order chi connectivity index (χ0) is 12.1. The van der Waals surface area contributed by atoms with Gasteiger partial charge in [0.2, 0.25) is 0 Å². The van der Waals surface area contributed by atoms with Crippen LogP contribution in [-0.2, 0) is 0 Å². The SMILES string of the molecule is CC(NNc1ccncn1)c1ccc(F)cc1. The van der Waals surface area contributed by atoms with Gasteiger partial charge in [0.1, 0.15) is 18.0 Å². The molecule has 4 nitrogen and oxygen atoms in total. The van der Waals surface area contributed by atoms with Crippen LogP contribution >= 0.6 is 0 Å². The Kier molecular flexibility index (Phi) is 3.62. The Morgan fingerprint density at radius 2 is 1.94 bits per heavy atom. The van der Waals surface area contributed by atoms with Crippen molar-refractivity contribution in [3.8, 4) is 0 Å². The van der Waals surface area contributed by atoms with Crippen LogP contribution in [0.2, 0.25) is 0 Å². The van der Waals surface area contributed by atoms with E-state index >= 15 is 0 Å². The molecule has 1 atom stereocenters. The van der Waals surface area contributed by atoms with Crippen LogP contribution in [0.1, 0.15) is 18.5 Å². The second-order valence-corrected chi connectivity index (χ2v) is 3.64. The maximum absolute atomic E-state index is 12.7. The van der Waals surface area contributed by atoms with Crippen molar-refractivity contribution >= 4 is 5.82 Å². The third-order valence-electron chi connectivity index (χ3n) is 2.37. The molecule has 1 heterocycles. The number of anilines is 1. The van der Waals surface area contributed by atoms with Crippen LogP contribution in [0.4, 0.5) is 10.2 Å². The average molecular weight is 232 g/mol. The highest BCUT2D eigenvalue weighted by atomic mass is 19.1. The predicted octanol–water partition coefficient (Wildman–Crippen LogP) is 2.29. The number of hydrogen-bond acceptors (Lipinski definition) is 4. The molecule has 5 heteroatoms. The summed E-state index contributed by atoms with van der Waals surface area (Å²) < 4.78 is 12.7. The lowest BCUT2D eigenvalue weighted by Gasteiger charge is -2.15. The first-order valence-electron chi connectivity index (χ1n) is 5.29. The minimum Gasteiger partial charge on any atom is -0.305 e. The molecule has 0 bridgehead atoms. The molecule has 2 aromatic rings. The van der Waals surface area contributed by atoms with Crippen LogP contribution in [0.3, 0.4) is 0 Å². The maximum Gasteiger partial charge on any atom is 0.143 e. The van der Waals surface area contributed by atoms with Crippen molar-refractivity contribution in [2.45, 2.75) is 13.0 Å². The van der Waals surface area contributed by atoms with Crippen molar-refractivity contribution in [3.63, 3.8) is 0 Å². The van der Waals surface area contributed by atoms with Crippen LogP contribution in [-0.4, -0.2) is 9.97 Å². The molecule has 0 radical (unpaired) electrons. The van der Waals surface area contributed by atoms with Crippen LogP contribution in [0.15, 0.2) is 42.9 Å². The predicted molar refractivity (Wildman–Crippen MR) is 63.6 cm³/mol. The number of rotatable bonds is 4. The number of benzene rings is 1. The number of nitrogens with zero attached hydrogens (tertiary/aromatic N) is 2. The molecule has 1 aromatic carbocycles. The molecular formula is C12H13FN4. The maximum atomic E-state index is 12.7. The van der Waals surface area contributed by atoms with Crippen molar-refractivity contribution < 1.29 is 4.39 Å². The summed E-state index contributed by atoms with van der Waals surface area (Å²) in [5, 5.41) is 0. The Morgan fingerprint density at radius 1 is 1.18 bits per heavy atom. The molecule has 0 saturated carbocycles. The normalized spacial score (nSPS) is 12.1. The highest BCUT2D eigenvalue weighted by Gasteiger charge is 2.04. The molecule has 0 fully saturated rings. The van der Waals surface area contributed by atoms with Gasteiger partial charge in [-0.1, -0.05) is 12.1 Å². The lowest BCUT2D eigenvalue weighted by molar-refractivity contribution is 0.616. The summed E-state index contributed by atoms with van der Waals surface area (Å²) in [5.41, 5.74) is 7.03. The van der Waals surface area contributed by atoms with Gasteiger partial charge in [0.25, 0.3) is 0 Å². The Balaban J connectivity index is 1.93. The third kappa shape index (κ3) is 3.22. The molecule has 0 aliphatic heterocycles. The highest BCUT2D eigenvalue weighted by Crippen LogP contribution is 2.12. The molecule has 2 N–H and O–H groups in total. The van der Waals surface area contributed by atoms with Gasteiger partial charge in [-0.2, -0.15) is 0 Å². The second-order valence-electron chi connectivity index (χ2n) is 3.64. The van der Waals surface area contributed by atoms with Crippen LogP contribution in [0.25, 0.3) is 0 Å². The number of nitrogens with one attached hydrogen (secondary N) is 2. The van der Waals surface area contributed by atoms with Gasteiger partial charge in [0.05, 0.1) is 0 Å². The molecule has 1 aromatic heterocycles. The smallest absolute Gasteiger partial charge is 0.143 e. The minimum absolute atomic E-state index is 0.0468. The molecule has 0 amide bonds. The number of aromatic nitrogens is 2. The number of hydrogen-bond donors (Lipinski definition) is 2. The van der Waals surface area contributed by atoms with Gasteiger partial charge in [0, 0.05) is 18.3 Å². The van der Waals surface area contributed by atoms with E-state index in [2.05, 4.69) is 20.8 Å². The summed E-state index contributed by atoms with van der Waals surface area (Å²) in [6, 6.07) is 8.18. The monoisotopic (exact) mass is 232 g/mol. The van der Waals surface area contributed by atoms with Crippen molar-refractivity contribution in [1.82, 2.24) is 15.4 Å². The Labute approximate surface area is 98.9 Å². The van der Waals surface area contributed by atoms with E-state index in [1.165, 1.54) is 18.5 Å². The zero-order valence-electron chi connectivity index (χ0n) is 9.39. The lowest BCUT2D eigenvalue weighted by atomic mass is 10.1. The van der Waals surface area contributed by atoms with Crippen LogP contribution in [0, 0.1) is 5.82 Å². The van der Waals surface area contributed by atoms with E-state index in [0.29, 0.717) is 5.82 Å². The number of hydrazine groups is 1. The van der Waals surface area contributed by atoms with Gasteiger partial charge in [-0.05, 0) is 24.6 Å². The van der Waals surface area contributed by atoms with Gasteiger partial charge >= 0.3 is 0 Å². The van der Waals surface area contributed by atoms with E-state index in [-0.39, 0.29) is 11.9 Å². The van der Waals surface area contributed by atoms with Gasteiger partial charge in [-0.15, -0.1) is 0 Å². The topological polar surface area (TPSA) is 49.8 Å². The second kappa shape index (κ2) is 5.36. The fourth-order valence-electron chi connectivity index (χ4n) is 1.38. The first-order chi connectivity index (χ1) is 8.25. The van der Waals surface area contributed by atoms with E-state index in [1.54, 1.807) is 24.4 Å². The standard InChI is InChI=1S/C12H13FN4/c1-9(10-2-4-11(13)5-3-10)16-17-12-6-7-14-8-15-12/h2-9,16H,1H3,(H,14,15,17). The molecular weight excluding hydrogens is 219 g/mol. The summed E-state index contributed by atoms with van der Waals surface area (Å²) >= 11 is 0. The molecule has 0 saturated heterocycles. The molecule has 0 aliphatic carbocycles. The summed E-state index contributed by atoms with van der Waals surface area (Å²) in [6.45, 7) is 1.97. The third-order valence-corrected chi connectivity index (χ3v) is 2.37. The molecule has 0 aliphatic rings. The largest absolute Gasteiger partial charge is 0.305 e. The highest BCUT2D eigenvalue weighted by molar-refractivity contribution is 5.30. The Bertz CT molecular complexity index is 458. The van der Waals surface area contributed by atoms with Gasteiger partial charge < -0.3 is 5.43 Å². The quantitative estimate of drug-likeness (QED) is 0.794. The van der Waals surface area contributed by atoms with E-state index in [9.17, 15) is 4.39 Å². The average Bonchev–Trinajstić information content (AvgIpc) is 2.38. The Hall–Kier alpha value is -2.01. The van der Waals surface area contributed by atoms with Crippen molar-refractivity contribution in [3.05, 3.63) is 54.2 Å². The summed E-state index contributed by atoms with van der Waals surface area (Å²) in [4.78, 5) is 7.83. The van der Waals surface area contributed by atoms with Crippen LogP contribution < -0.4 is 10.9 Å². The minimum atomic E-state index is -0.232. The van der Waals surface area contributed by atoms with E-state index in [1.807, 2.05) is 6.92 Å². The summed E-state index contributed by atoms with van der Waals surface area (Å²) in [5.74, 6) is 0.457. The fourth-order valence-corrected chi connectivity index (χ4v) is 1.38. The summed E-state index contributed by atoms with van der Waals surface area (Å²) in [7, 11) is 0. The molecule has 88 valence electrons. The first-order valence-corrected chi connectivity index (χ1v) is 5.29. The van der Waals surface area contributed by atoms with Crippen molar-refractivity contribution in [2.24, 2.45) is 0 Å². The first kappa shape index (κ1) is 11.5. The molecule has 1 unspecified atom stereocenters. The fraction of sp³-hybridized carbons (Fsp3) is 0.167. The van der Waals surface area contributed by atoms with E-state index in [4.69, 9.17) is 0 Å².